The third-order valence-corrected chi connectivity index (χ3v) is 1.34. The third-order valence-electron chi connectivity index (χ3n) is 1.34. The lowest BCUT2D eigenvalue weighted by molar-refractivity contribution is -0.158. The van der Waals surface area contributed by atoms with Crippen molar-refractivity contribution in [3.63, 3.8) is 0 Å². The van der Waals surface area contributed by atoms with Gasteiger partial charge in [-0.2, -0.15) is 0 Å². The first-order chi connectivity index (χ1) is 4.18. The summed E-state index contributed by atoms with van der Waals surface area (Å²) in [5, 5.41) is 8.95. The summed E-state index contributed by atoms with van der Waals surface area (Å²) in [6.45, 7) is 1.78. The number of aliphatic hydroxyl groups excluding tert-OH is 1. The van der Waals surface area contributed by atoms with Crippen molar-refractivity contribution in [2.24, 2.45) is 0 Å². The largest absolute Gasteiger partial charge is 0.462 e. The Kier molecular flexibility index (Phi) is 1.71. The van der Waals surface area contributed by atoms with Crippen LogP contribution in [-0.4, -0.2) is 23.3 Å². The zero-order valence-electron chi connectivity index (χ0n) is 5.33. The predicted octanol–water partition coefficient (Wildman–Crippen LogP) is 0.0728. The fourth-order valence-electron chi connectivity index (χ4n) is 0.979. The highest BCUT2D eigenvalue weighted by atomic mass is 16.5. The summed E-state index contributed by atoms with van der Waals surface area (Å²) >= 11 is 0. The van der Waals surface area contributed by atoms with Crippen molar-refractivity contribution in [3.05, 3.63) is 0 Å². The molecule has 0 saturated carbocycles. The van der Waals surface area contributed by atoms with Crippen molar-refractivity contribution in [2.75, 3.05) is 0 Å². The van der Waals surface area contributed by atoms with E-state index < -0.39 is 6.10 Å². The zero-order chi connectivity index (χ0) is 6.85. The first kappa shape index (κ1) is 6.55. The number of rotatable bonds is 0. The average Bonchev–Trinajstić information content (AvgIpc) is 1.59. The van der Waals surface area contributed by atoms with Crippen LogP contribution in [0, 0.1) is 0 Å². The summed E-state index contributed by atoms with van der Waals surface area (Å²) in [4.78, 5) is 10.5. The maximum atomic E-state index is 10.5. The molecule has 0 radical (unpaired) electrons. The molecule has 3 nitrogen and oxygen atoms in total. The van der Waals surface area contributed by atoms with E-state index in [1.54, 1.807) is 6.92 Å². The first-order valence-electron chi connectivity index (χ1n) is 3.06. The molecular weight excluding hydrogens is 120 g/mol. The molecule has 3 heteroatoms. The molecule has 1 aliphatic rings. The third kappa shape index (κ3) is 1.68. The number of esters is 1. The summed E-state index contributed by atoms with van der Waals surface area (Å²) in [5.41, 5.74) is 0. The number of hydrogen-bond acceptors (Lipinski definition) is 3. The van der Waals surface area contributed by atoms with Gasteiger partial charge >= 0.3 is 5.97 Å². The topological polar surface area (TPSA) is 46.5 Å². The molecule has 9 heavy (non-hydrogen) atoms. The van der Waals surface area contributed by atoms with Gasteiger partial charge in [0.2, 0.25) is 0 Å². The minimum absolute atomic E-state index is 0.110. The molecule has 0 spiro atoms. The Bertz CT molecular complexity index is 109. The Morgan fingerprint density at radius 2 is 2.44 bits per heavy atom. The lowest BCUT2D eigenvalue weighted by Crippen LogP contribution is -2.30. The van der Waals surface area contributed by atoms with E-state index in [0.29, 0.717) is 6.42 Å². The zero-order valence-corrected chi connectivity index (χ0v) is 5.33. The summed E-state index contributed by atoms with van der Waals surface area (Å²) in [5.74, 6) is -0.291. The smallest absolute Gasteiger partial charge is 0.308 e. The Morgan fingerprint density at radius 1 is 1.78 bits per heavy atom. The molecule has 1 aliphatic heterocycles. The Morgan fingerprint density at radius 3 is 2.89 bits per heavy atom. The van der Waals surface area contributed by atoms with Crippen LogP contribution < -0.4 is 0 Å². The first-order valence-corrected chi connectivity index (χ1v) is 3.06. The molecule has 0 aromatic heterocycles. The number of carbonyl (C=O) groups is 1. The van der Waals surface area contributed by atoms with Crippen molar-refractivity contribution >= 4 is 5.97 Å². The van der Waals surface area contributed by atoms with Gasteiger partial charge in [0, 0.05) is 6.42 Å². The molecular formula is C6H10O3. The van der Waals surface area contributed by atoms with Crippen molar-refractivity contribution in [1.82, 2.24) is 0 Å². The fraction of sp³-hybridized carbons (Fsp3) is 0.833. The normalized spacial score (nSPS) is 36.0. The Hall–Kier alpha value is -0.570. The van der Waals surface area contributed by atoms with Crippen molar-refractivity contribution in [1.29, 1.82) is 0 Å². The van der Waals surface area contributed by atoms with E-state index in [4.69, 9.17) is 9.84 Å². The molecule has 1 rings (SSSR count). The van der Waals surface area contributed by atoms with Gasteiger partial charge in [-0.1, -0.05) is 0 Å². The summed E-state index contributed by atoms with van der Waals surface area (Å²) in [6.07, 6.45) is 0.137. The lowest BCUT2D eigenvalue weighted by Gasteiger charge is -2.22. The minimum Gasteiger partial charge on any atom is -0.462 e. The van der Waals surface area contributed by atoms with E-state index >= 15 is 0 Å². The van der Waals surface area contributed by atoms with Crippen LogP contribution in [0.25, 0.3) is 0 Å². The maximum Gasteiger partial charge on any atom is 0.308 e. The second-order valence-corrected chi connectivity index (χ2v) is 2.39. The highest BCUT2D eigenvalue weighted by Crippen LogP contribution is 2.13. The van der Waals surface area contributed by atoms with Crippen LogP contribution in [0.1, 0.15) is 19.8 Å². The van der Waals surface area contributed by atoms with Gasteiger partial charge in [0.05, 0.1) is 12.5 Å². The molecule has 1 unspecified atom stereocenters. The van der Waals surface area contributed by atoms with Crippen LogP contribution in [0.5, 0.6) is 0 Å². The molecule has 1 saturated heterocycles. The van der Waals surface area contributed by atoms with E-state index in [9.17, 15) is 4.79 Å². The molecule has 0 aliphatic carbocycles. The fourth-order valence-corrected chi connectivity index (χ4v) is 0.979. The minimum atomic E-state index is -0.485. The van der Waals surface area contributed by atoms with Gasteiger partial charge in [0.1, 0.15) is 6.10 Å². The van der Waals surface area contributed by atoms with E-state index in [-0.39, 0.29) is 18.5 Å². The number of carbonyl (C=O) groups excluding carboxylic acids is 1. The van der Waals surface area contributed by atoms with Crippen LogP contribution in [0.3, 0.4) is 0 Å². The summed E-state index contributed by atoms with van der Waals surface area (Å²) < 4.78 is 4.76. The van der Waals surface area contributed by atoms with Gasteiger partial charge in [-0.3, -0.25) is 4.79 Å². The second kappa shape index (κ2) is 2.35. The molecule has 0 bridgehead atoms. The standard InChI is InChI=1S/C6H10O3/c1-4-2-5(7)3-6(8)9-4/h4-5,7H,2-3H2,1H3/t4-,5?/m0/s1. The molecule has 1 N–H and O–H groups in total. The molecule has 1 heterocycles. The summed E-state index contributed by atoms with van der Waals surface area (Å²) in [6, 6.07) is 0. The van der Waals surface area contributed by atoms with E-state index in [0.717, 1.165) is 0 Å². The second-order valence-electron chi connectivity index (χ2n) is 2.39. The van der Waals surface area contributed by atoms with Crippen LogP contribution in [-0.2, 0) is 9.53 Å². The SMILES string of the molecule is C[C@H]1CC(O)CC(=O)O1. The van der Waals surface area contributed by atoms with Crippen molar-refractivity contribution < 1.29 is 14.6 Å². The van der Waals surface area contributed by atoms with Gasteiger partial charge in [-0.15, -0.1) is 0 Å². The monoisotopic (exact) mass is 130 g/mol. The molecule has 1 fully saturated rings. The van der Waals surface area contributed by atoms with Gasteiger partial charge in [0.15, 0.2) is 0 Å². The average molecular weight is 130 g/mol. The van der Waals surface area contributed by atoms with E-state index in [1.165, 1.54) is 0 Å². The van der Waals surface area contributed by atoms with Gasteiger partial charge in [-0.25, -0.2) is 0 Å². The quantitative estimate of drug-likeness (QED) is 0.472. The van der Waals surface area contributed by atoms with Crippen molar-refractivity contribution in [2.45, 2.75) is 32.0 Å². The number of aliphatic hydroxyl groups is 1. The van der Waals surface area contributed by atoms with Gasteiger partial charge < -0.3 is 9.84 Å². The Labute approximate surface area is 53.6 Å². The molecule has 0 aromatic carbocycles. The van der Waals surface area contributed by atoms with Crippen LogP contribution in [0.4, 0.5) is 0 Å². The number of hydrogen-bond donors (Lipinski definition) is 1. The molecule has 52 valence electrons. The number of cyclic esters (lactones) is 1. The Balaban J connectivity index is 2.43. The molecule has 2 atom stereocenters. The van der Waals surface area contributed by atoms with Crippen LogP contribution in [0.2, 0.25) is 0 Å². The molecule has 0 aromatic rings. The van der Waals surface area contributed by atoms with E-state index in [1.807, 2.05) is 0 Å². The van der Waals surface area contributed by atoms with Crippen molar-refractivity contribution in [3.8, 4) is 0 Å². The number of ether oxygens (including phenoxy) is 1. The lowest BCUT2D eigenvalue weighted by atomic mass is 10.1. The van der Waals surface area contributed by atoms with E-state index in [2.05, 4.69) is 0 Å². The van der Waals surface area contributed by atoms with Gasteiger partial charge in [-0.05, 0) is 6.92 Å². The van der Waals surface area contributed by atoms with Gasteiger partial charge in [0.25, 0.3) is 0 Å². The van der Waals surface area contributed by atoms with Crippen LogP contribution in [0.15, 0.2) is 0 Å². The maximum absolute atomic E-state index is 10.5. The highest BCUT2D eigenvalue weighted by molar-refractivity contribution is 5.70. The molecule has 0 amide bonds. The predicted molar refractivity (Wildman–Crippen MR) is 30.8 cm³/mol. The summed E-state index contributed by atoms with van der Waals surface area (Å²) in [7, 11) is 0. The van der Waals surface area contributed by atoms with Crippen LogP contribution >= 0.6 is 0 Å². The highest BCUT2D eigenvalue weighted by Gasteiger charge is 2.23.